The standard InChI is InChI=1S/C35H28F2N4O7S/c1-46-28-11-8-20(15-25(28)35-40-33-26(37)4-3-5-29(33)48-35)23-16-24-30(17-27(23)41(49(2,44)45)18-22(42)12-13-38)47-31(32(24)34(39)43)14-19-6-9-21(36)10-7-19/h3-11,15-17,22,42H,12,14,18H2,1-2H3,(H2,39,43). The number of carbonyl (C=O) groups excluding carboxylic acids is 1. The molecule has 0 aliphatic carbocycles. The summed E-state index contributed by atoms with van der Waals surface area (Å²) in [6.07, 6.45) is -0.686. The number of benzene rings is 4. The molecule has 0 fully saturated rings. The highest BCUT2D eigenvalue weighted by molar-refractivity contribution is 7.92. The summed E-state index contributed by atoms with van der Waals surface area (Å²) in [7, 11) is -2.68. The number of hydrogen-bond donors (Lipinski definition) is 2. The van der Waals surface area contributed by atoms with Gasteiger partial charge in [-0.2, -0.15) is 5.26 Å². The molecule has 250 valence electrons. The molecular weight excluding hydrogens is 658 g/mol. The van der Waals surface area contributed by atoms with Crippen molar-refractivity contribution in [3.63, 3.8) is 0 Å². The number of aliphatic hydroxyl groups excluding tert-OH is 1. The molecule has 49 heavy (non-hydrogen) atoms. The Kier molecular flexibility index (Phi) is 8.81. The zero-order valence-corrected chi connectivity index (χ0v) is 26.9. The van der Waals surface area contributed by atoms with E-state index in [0.29, 0.717) is 22.4 Å². The van der Waals surface area contributed by atoms with E-state index in [0.717, 1.165) is 10.6 Å². The number of methoxy groups -OCH3 is 1. The number of anilines is 1. The Labute approximate surface area is 278 Å². The van der Waals surface area contributed by atoms with Gasteiger partial charge in [0.05, 0.1) is 55.3 Å². The average Bonchev–Trinajstić information content (AvgIpc) is 3.65. The van der Waals surface area contributed by atoms with Gasteiger partial charge in [0.15, 0.2) is 11.4 Å². The van der Waals surface area contributed by atoms with Crippen LogP contribution in [0.15, 0.2) is 81.6 Å². The number of halogens is 2. The summed E-state index contributed by atoms with van der Waals surface area (Å²) >= 11 is 0. The van der Waals surface area contributed by atoms with Gasteiger partial charge in [-0.25, -0.2) is 22.2 Å². The zero-order chi connectivity index (χ0) is 35.0. The molecule has 2 heterocycles. The molecule has 3 N–H and O–H groups in total. The van der Waals surface area contributed by atoms with Crippen LogP contribution in [0.25, 0.3) is 44.7 Å². The Balaban J connectivity index is 1.61. The summed E-state index contributed by atoms with van der Waals surface area (Å²) in [5.41, 5.74) is 7.79. The first-order chi connectivity index (χ1) is 23.4. The van der Waals surface area contributed by atoms with Crippen LogP contribution in [0.5, 0.6) is 5.75 Å². The smallest absolute Gasteiger partial charge is 0.252 e. The van der Waals surface area contributed by atoms with Crippen LogP contribution in [0.2, 0.25) is 0 Å². The van der Waals surface area contributed by atoms with Crippen molar-refractivity contribution in [3.8, 4) is 34.4 Å². The summed E-state index contributed by atoms with van der Waals surface area (Å²) in [5.74, 6) is -1.36. The molecule has 1 atom stereocenters. The minimum atomic E-state index is -4.10. The van der Waals surface area contributed by atoms with E-state index in [1.165, 1.54) is 55.6 Å². The topological polar surface area (TPSA) is 173 Å². The second-order valence-electron chi connectivity index (χ2n) is 11.3. The number of furan rings is 1. The van der Waals surface area contributed by atoms with Crippen LogP contribution >= 0.6 is 0 Å². The molecule has 11 nitrogen and oxygen atoms in total. The first kappa shape index (κ1) is 33.1. The lowest BCUT2D eigenvalue weighted by molar-refractivity contribution is 0.1000. The van der Waals surface area contributed by atoms with Crippen LogP contribution < -0.4 is 14.8 Å². The highest BCUT2D eigenvalue weighted by Crippen LogP contribution is 2.43. The summed E-state index contributed by atoms with van der Waals surface area (Å²) in [4.78, 5) is 17.2. The molecule has 0 saturated carbocycles. The maximum atomic E-state index is 14.5. The van der Waals surface area contributed by atoms with E-state index in [-0.39, 0.29) is 63.4 Å². The van der Waals surface area contributed by atoms with Crippen molar-refractivity contribution in [2.45, 2.75) is 18.9 Å². The number of nitrogens with zero attached hydrogens (tertiary/aromatic N) is 3. The third kappa shape index (κ3) is 6.54. The number of hydrogen-bond acceptors (Lipinski definition) is 9. The summed E-state index contributed by atoms with van der Waals surface area (Å²) in [5, 5.41) is 20.0. The maximum Gasteiger partial charge on any atom is 0.252 e. The van der Waals surface area contributed by atoms with Gasteiger partial charge in [0.25, 0.3) is 5.91 Å². The van der Waals surface area contributed by atoms with Gasteiger partial charge in [0, 0.05) is 23.4 Å². The van der Waals surface area contributed by atoms with Crippen LogP contribution in [-0.2, 0) is 16.4 Å². The second kappa shape index (κ2) is 13.0. The lowest BCUT2D eigenvalue weighted by Crippen LogP contribution is -2.37. The third-order valence-corrected chi connectivity index (χ3v) is 9.03. The fourth-order valence-corrected chi connectivity index (χ4v) is 6.60. The average molecular weight is 687 g/mol. The number of sulfonamides is 1. The molecule has 0 saturated heterocycles. The highest BCUT2D eigenvalue weighted by atomic mass is 32.2. The zero-order valence-electron chi connectivity index (χ0n) is 26.1. The lowest BCUT2D eigenvalue weighted by atomic mass is 9.97. The summed E-state index contributed by atoms with van der Waals surface area (Å²) < 4.78 is 73.2. The van der Waals surface area contributed by atoms with Crippen molar-refractivity contribution in [3.05, 3.63) is 101 Å². The Hall–Kier alpha value is -5.78. The van der Waals surface area contributed by atoms with E-state index < -0.39 is 40.2 Å². The number of rotatable bonds is 11. The van der Waals surface area contributed by atoms with Gasteiger partial charge in [0.2, 0.25) is 15.9 Å². The minimum Gasteiger partial charge on any atom is -0.496 e. The molecule has 0 aliphatic rings. The van der Waals surface area contributed by atoms with Crippen molar-refractivity contribution >= 4 is 43.7 Å². The Bertz CT molecular complexity index is 2380. The summed E-state index contributed by atoms with van der Waals surface area (Å²) in [6.45, 7) is -0.482. The summed E-state index contributed by atoms with van der Waals surface area (Å²) in [6, 6.07) is 19.5. The number of aliphatic hydroxyl groups is 1. The van der Waals surface area contributed by atoms with E-state index in [1.807, 2.05) is 6.07 Å². The predicted molar refractivity (Wildman–Crippen MR) is 177 cm³/mol. The fraction of sp³-hybridized carbons (Fsp3) is 0.171. The molecule has 0 radical (unpaired) electrons. The van der Waals surface area contributed by atoms with Gasteiger partial charge in [0.1, 0.15) is 28.4 Å². The van der Waals surface area contributed by atoms with Gasteiger partial charge in [-0.1, -0.05) is 24.3 Å². The first-order valence-electron chi connectivity index (χ1n) is 14.8. The fourth-order valence-electron chi connectivity index (χ4n) is 5.65. The SMILES string of the molecule is COc1ccc(-c2cc3c(C(N)=O)c(Cc4ccc(F)cc4)oc3cc2N(CC(O)CC#N)S(C)(=O)=O)cc1-c1nc2c(F)cccc2o1. The van der Waals surface area contributed by atoms with E-state index >= 15 is 0 Å². The number of nitriles is 1. The molecular formula is C35H28F2N4O7S. The molecule has 0 aliphatic heterocycles. The monoisotopic (exact) mass is 686 g/mol. The van der Waals surface area contributed by atoms with Crippen molar-refractivity contribution in [2.24, 2.45) is 5.73 Å². The molecule has 6 aromatic rings. The number of aromatic nitrogens is 1. The predicted octanol–water partition coefficient (Wildman–Crippen LogP) is 5.93. The van der Waals surface area contributed by atoms with Gasteiger partial charge >= 0.3 is 0 Å². The largest absolute Gasteiger partial charge is 0.496 e. The Morgan fingerprint density at radius 3 is 2.47 bits per heavy atom. The Morgan fingerprint density at radius 2 is 1.82 bits per heavy atom. The number of fused-ring (bicyclic) bond motifs is 2. The number of oxazole rings is 1. The van der Waals surface area contributed by atoms with Crippen molar-refractivity contribution in [1.82, 2.24) is 4.98 Å². The minimum absolute atomic E-state index is 0.0000206. The third-order valence-electron chi connectivity index (χ3n) is 7.89. The lowest BCUT2D eigenvalue weighted by Gasteiger charge is -2.27. The second-order valence-corrected chi connectivity index (χ2v) is 13.2. The first-order valence-corrected chi connectivity index (χ1v) is 16.6. The van der Waals surface area contributed by atoms with E-state index in [2.05, 4.69) is 4.98 Å². The van der Waals surface area contributed by atoms with Crippen LogP contribution in [0.1, 0.15) is 28.1 Å². The maximum absolute atomic E-state index is 14.5. The number of nitrogens with two attached hydrogens (primary N) is 1. The number of carbonyl (C=O) groups is 1. The molecule has 14 heteroatoms. The van der Waals surface area contributed by atoms with Crippen molar-refractivity contribution < 1.29 is 40.7 Å². The van der Waals surface area contributed by atoms with E-state index in [1.54, 1.807) is 24.3 Å². The van der Waals surface area contributed by atoms with Crippen LogP contribution in [-0.4, -0.2) is 50.4 Å². The van der Waals surface area contributed by atoms with Crippen molar-refractivity contribution in [2.75, 3.05) is 24.2 Å². The van der Waals surface area contributed by atoms with Crippen LogP contribution in [0.4, 0.5) is 14.5 Å². The molecule has 6 rings (SSSR count). The van der Waals surface area contributed by atoms with Gasteiger partial charge in [-0.05, 0) is 53.6 Å². The molecule has 1 unspecified atom stereocenters. The number of primary amides is 1. The van der Waals surface area contributed by atoms with E-state index in [9.17, 15) is 27.1 Å². The van der Waals surface area contributed by atoms with E-state index in [4.69, 9.17) is 24.6 Å². The van der Waals surface area contributed by atoms with Gasteiger partial charge in [-0.3, -0.25) is 9.10 Å². The van der Waals surface area contributed by atoms with Gasteiger partial charge in [-0.15, -0.1) is 0 Å². The quantitative estimate of drug-likeness (QED) is 0.168. The molecule has 0 bridgehead atoms. The molecule has 4 aromatic carbocycles. The number of ether oxygens (including phenoxy) is 1. The van der Waals surface area contributed by atoms with Gasteiger partial charge < -0.3 is 24.4 Å². The van der Waals surface area contributed by atoms with Crippen LogP contribution in [0, 0.1) is 23.0 Å². The van der Waals surface area contributed by atoms with Crippen molar-refractivity contribution in [1.29, 1.82) is 5.26 Å². The molecule has 1 amide bonds. The highest BCUT2D eigenvalue weighted by Gasteiger charge is 2.29. The Morgan fingerprint density at radius 1 is 1.06 bits per heavy atom. The normalized spacial score (nSPS) is 12.2. The molecule has 2 aromatic heterocycles. The number of para-hydroxylation sites is 1. The molecule has 0 spiro atoms. The van der Waals surface area contributed by atoms with Crippen LogP contribution in [0.3, 0.4) is 0 Å². The number of amides is 1.